The summed E-state index contributed by atoms with van der Waals surface area (Å²) in [6, 6.07) is 1.62. The summed E-state index contributed by atoms with van der Waals surface area (Å²) in [5, 5.41) is 3.79. The zero-order valence-corrected chi connectivity index (χ0v) is 10.6. The van der Waals surface area contributed by atoms with E-state index in [2.05, 4.69) is 16.9 Å². The van der Waals surface area contributed by atoms with Crippen LogP contribution in [0.2, 0.25) is 0 Å². The lowest BCUT2D eigenvalue weighted by atomic mass is 10.2. The van der Waals surface area contributed by atoms with Crippen molar-refractivity contribution in [1.29, 1.82) is 0 Å². The molecule has 0 fully saturated rings. The summed E-state index contributed by atoms with van der Waals surface area (Å²) < 4.78 is 25.4. The first-order chi connectivity index (χ1) is 6.91. The van der Waals surface area contributed by atoms with Crippen LogP contribution in [0, 0.1) is 0 Å². The van der Waals surface area contributed by atoms with Gasteiger partial charge in [0.05, 0.1) is 4.99 Å². The zero-order valence-electron chi connectivity index (χ0n) is 8.14. The number of sulfonamides is 1. The molecule has 15 heavy (non-hydrogen) atoms. The Hall–Kier alpha value is -0.500. The minimum Gasteiger partial charge on any atom is -0.392 e. The molecule has 1 aromatic heterocycles. The van der Waals surface area contributed by atoms with Crippen LogP contribution in [0.5, 0.6) is 0 Å². The molecule has 0 aliphatic heterocycles. The van der Waals surface area contributed by atoms with Crippen LogP contribution in [0.4, 0.5) is 0 Å². The van der Waals surface area contributed by atoms with Crippen molar-refractivity contribution in [2.24, 2.45) is 5.73 Å². The Balaban J connectivity index is 2.66. The molecule has 1 unspecified atom stereocenters. The summed E-state index contributed by atoms with van der Waals surface area (Å²) in [5.74, 6) is -0.309. The molecule has 0 saturated heterocycles. The second-order valence-electron chi connectivity index (χ2n) is 3.12. The van der Waals surface area contributed by atoms with E-state index in [1.165, 1.54) is 11.3 Å². The second-order valence-corrected chi connectivity index (χ2v) is 6.18. The monoisotopic (exact) mass is 264 g/mol. The van der Waals surface area contributed by atoms with E-state index in [0.717, 1.165) is 5.56 Å². The van der Waals surface area contributed by atoms with Gasteiger partial charge in [0.15, 0.2) is 0 Å². The first kappa shape index (κ1) is 12.6. The van der Waals surface area contributed by atoms with Crippen molar-refractivity contribution in [3.63, 3.8) is 0 Å². The van der Waals surface area contributed by atoms with Gasteiger partial charge in [0.25, 0.3) is 0 Å². The zero-order chi connectivity index (χ0) is 11.5. The molecule has 0 amide bonds. The van der Waals surface area contributed by atoms with Crippen LogP contribution in [-0.4, -0.2) is 19.2 Å². The molecule has 0 bridgehead atoms. The molecule has 0 aromatic carbocycles. The highest BCUT2D eigenvalue weighted by Crippen LogP contribution is 2.16. The molecule has 0 spiro atoms. The molecule has 0 radical (unpaired) electrons. The third-order valence-corrected chi connectivity index (χ3v) is 4.16. The Morgan fingerprint density at radius 1 is 1.73 bits per heavy atom. The predicted octanol–water partition coefficient (Wildman–Crippen LogP) is 1.01. The van der Waals surface area contributed by atoms with Crippen LogP contribution < -0.4 is 10.5 Å². The number of hydrogen-bond donors (Lipinski definition) is 2. The quantitative estimate of drug-likeness (QED) is 0.779. The van der Waals surface area contributed by atoms with Crippen LogP contribution in [0.1, 0.15) is 18.5 Å². The maximum atomic E-state index is 11.5. The third-order valence-electron chi connectivity index (χ3n) is 1.73. The summed E-state index contributed by atoms with van der Waals surface area (Å²) in [5.41, 5.74) is 6.12. The highest BCUT2D eigenvalue weighted by atomic mass is 32.2. The van der Waals surface area contributed by atoms with Crippen LogP contribution in [0.25, 0.3) is 0 Å². The van der Waals surface area contributed by atoms with Gasteiger partial charge in [0, 0.05) is 6.04 Å². The van der Waals surface area contributed by atoms with Gasteiger partial charge in [-0.1, -0.05) is 12.2 Å². The highest BCUT2D eigenvalue weighted by Gasteiger charge is 2.16. The minimum atomic E-state index is -3.42. The summed E-state index contributed by atoms with van der Waals surface area (Å²) >= 11 is 6.08. The van der Waals surface area contributed by atoms with E-state index >= 15 is 0 Å². The van der Waals surface area contributed by atoms with Gasteiger partial charge in [-0.2, -0.15) is 11.3 Å². The first-order valence-corrected chi connectivity index (χ1v) is 7.21. The maximum Gasteiger partial charge on any atom is 0.218 e. The van der Waals surface area contributed by atoms with E-state index in [1.54, 1.807) is 6.92 Å². The molecule has 0 aliphatic rings. The van der Waals surface area contributed by atoms with Gasteiger partial charge < -0.3 is 5.73 Å². The molecule has 84 valence electrons. The summed E-state index contributed by atoms with van der Waals surface area (Å²) in [6.07, 6.45) is 0. The predicted molar refractivity (Wildman–Crippen MR) is 66.4 cm³/mol. The highest BCUT2D eigenvalue weighted by molar-refractivity contribution is 7.92. The number of hydrogen-bond acceptors (Lipinski definition) is 4. The molecule has 3 N–H and O–H groups in total. The molecule has 1 rings (SSSR count). The Labute approximate surface area is 98.5 Å². The normalized spacial score (nSPS) is 13.7. The Morgan fingerprint density at radius 2 is 2.40 bits per heavy atom. The van der Waals surface area contributed by atoms with Gasteiger partial charge in [-0.3, -0.25) is 0 Å². The molecular formula is C8H12N2O2S3. The number of rotatable bonds is 5. The standard InChI is InChI=1S/C8H12N2O2S3/c1-6(7-2-3-14-4-7)10-15(11,12)5-8(9)13/h2-4,6,10H,5H2,1H3,(H2,9,13). The number of nitrogens with one attached hydrogen (secondary N) is 1. The fourth-order valence-corrected chi connectivity index (χ4v) is 3.44. The number of nitrogens with two attached hydrogens (primary N) is 1. The maximum absolute atomic E-state index is 11.5. The van der Waals surface area contributed by atoms with Gasteiger partial charge in [0.2, 0.25) is 10.0 Å². The van der Waals surface area contributed by atoms with Gasteiger partial charge in [-0.15, -0.1) is 0 Å². The van der Waals surface area contributed by atoms with Gasteiger partial charge in [-0.25, -0.2) is 13.1 Å². The molecular weight excluding hydrogens is 252 g/mol. The third kappa shape index (κ3) is 4.25. The molecule has 0 aliphatic carbocycles. The smallest absolute Gasteiger partial charge is 0.218 e. The number of thiophene rings is 1. The SMILES string of the molecule is CC(NS(=O)(=O)CC(N)=S)c1ccsc1. The largest absolute Gasteiger partial charge is 0.392 e. The van der Waals surface area contributed by atoms with Crippen molar-refractivity contribution in [2.75, 3.05) is 5.75 Å². The first-order valence-electron chi connectivity index (χ1n) is 4.21. The Morgan fingerprint density at radius 3 is 2.87 bits per heavy atom. The van der Waals surface area contributed by atoms with Crippen molar-refractivity contribution in [3.8, 4) is 0 Å². The van der Waals surface area contributed by atoms with Crippen molar-refractivity contribution in [3.05, 3.63) is 22.4 Å². The van der Waals surface area contributed by atoms with Gasteiger partial charge in [0.1, 0.15) is 5.75 Å². The lowest BCUT2D eigenvalue weighted by Crippen LogP contribution is -2.33. The van der Waals surface area contributed by atoms with Crippen molar-refractivity contribution in [2.45, 2.75) is 13.0 Å². The van der Waals surface area contributed by atoms with Crippen LogP contribution in [0.3, 0.4) is 0 Å². The van der Waals surface area contributed by atoms with E-state index in [4.69, 9.17) is 5.73 Å². The summed E-state index contributed by atoms with van der Waals surface area (Å²) in [7, 11) is -3.42. The summed E-state index contributed by atoms with van der Waals surface area (Å²) in [4.78, 5) is -0.0278. The van der Waals surface area contributed by atoms with Crippen LogP contribution in [-0.2, 0) is 10.0 Å². The molecule has 1 heterocycles. The Kier molecular flexibility index (Phi) is 4.21. The molecule has 7 heteroatoms. The lowest BCUT2D eigenvalue weighted by molar-refractivity contribution is 0.571. The number of thiocarbonyl (C=S) groups is 1. The average molecular weight is 264 g/mol. The van der Waals surface area contributed by atoms with E-state index in [0.29, 0.717) is 0 Å². The minimum absolute atomic E-state index is 0.0278. The Bertz CT molecular complexity index is 425. The fourth-order valence-electron chi connectivity index (χ4n) is 1.09. The van der Waals surface area contributed by atoms with E-state index in [-0.39, 0.29) is 16.8 Å². The molecule has 1 aromatic rings. The van der Waals surface area contributed by atoms with Crippen molar-refractivity contribution in [1.82, 2.24) is 4.72 Å². The van der Waals surface area contributed by atoms with Crippen LogP contribution in [0.15, 0.2) is 16.8 Å². The van der Waals surface area contributed by atoms with E-state index in [9.17, 15) is 8.42 Å². The van der Waals surface area contributed by atoms with Gasteiger partial charge in [-0.05, 0) is 29.3 Å². The average Bonchev–Trinajstić information content (AvgIpc) is 2.50. The van der Waals surface area contributed by atoms with Crippen molar-refractivity contribution < 1.29 is 8.42 Å². The molecule has 4 nitrogen and oxygen atoms in total. The van der Waals surface area contributed by atoms with Gasteiger partial charge >= 0.3 is 0 Å². The second kappa shape index (κ2) is 5.02. The van der Waals surface area contributed by atoms with E-state index < -0.39 is 10.0 Å². The topological polar surface area (TPSA) is 72.2 Å². The lowest BCUT2D eigenvalue weighted by Gasteiger charge is -2.12. The molecule has 1 atom stereocenters. The van der Waals surface area contributed by atoms with E-state index in [1.807, 2.05) is 16.8 Å². The van der Waals surface area contributed by atoms with Crippen LogP contribution >= 0.6 is 23.6 Å². The summed E-state index contributed by atoms with van der Waals surface area (Å²) in [6.45, 7) is 1.78. The fraction of sp³-hybridized carbons (Fsp3) is 0.375. The molecule has 0 saturated carbocycles. The van der Waals surface area contributed by atoms with Crippen molar-refractivity contribution >= 4 is 38.6 Å².